The van der Waals surface area contributed by atoms with E-state index in [9.17, 15) is 20.0 Å². The van der Waals surface area contributed by atoms with Gasteiger partial charge in [-0.05, 0) is 24.5 Å². The fourth-order valence-corrected chi connectivity index (χ4v) is 1.93. The summed E-state index contributed by atoms with van der Waals surface area (Å²) in [5.41, 5.74) is 5.21. The number of primary amides is 1. The van der Waals surface area contributed by atoms with Gasteiger partial charge in [-0.25, -0.2) is 0 Å². The second kappa shape index (κ2) is 6.85. The molecule has 4 N–H and O–H groups in total. The number of carbonyl (C=O) groups excluding carboxylic acids is 1. The van der Waals surface area contributed by atoms with Crippen LogP contribution in [0, 0.1) is 16.0 Å². The molecule has 0 aliphatic rings. The second-order valence-electron chi connectivity index (χ2n) is 5.01. The predicted octanol–water partition coefficient (Wildman–Crippen LogP) is 1.51. The maximum atomic E-state index is 11.1. The minimum absolute atomic E-state index is 0.0756. The Bertz CT molecular complexity index is 502. The summed E-state index contributed by atoms with van der Waals surface area (Å²) in [6.07, 6.45) is 0.672. The van der Waals surface area contributed by atoms with Gasteiger partial charge in [0.05, 0.1) is 11.5 Å². The molecule has 0 radical (unpaired) electrons. The van der Waals surface area contributed by atoms with Crippen molar-refractivity contribution in [3.05, 3.63) is 33.9 Å². The Morgan fingerprint density at radius 3 is 2.60 bits per heavy atom. The Hall–Kier alpha value is -2.15. The van der Waals surface area contributed by atoms with E-state index in [2.05, 4.69) is 5.32 Å². The molecule has 0 aliphatic carbocycles. The molecule has 0 heterocycles. The molecule has 20 heavy (non-hydrogen) atoms. The van der Waals surface area contributed by atoms with Gasteiger partial charge < -0.3 is 16.2 Å². The summed E-state index contributed by atoms with van der Waals surface area (Å²) in [6.45, 7) is 3.86. The summed E-state index contributed by atoms with van der Waals surface area (Å²) in [6, 6.07) is 3.70. The Balaban J connectivity index is 3.04. The number of carbonyl (C=O) groups is 1. The molecule has 0 fully saturated rings. The van der Waals surface area contributed by atoms with Crippen molar-refractivity contribution >= 4 is 17.3 Å². The van der Waals surface area contributed by atoms with Crippen LogP contribution in [0.25, 0.3) is 0 Å². The minimum atomic E-state index is -0.722. The van der Waals surface area contributed by atoms with Gasteiger partial charge >= 0.3 is 0 Å². The summed E-state index contributed by atoms with van der Waals surface area (Å²) in [5, 5.41) is 23.3. The first-order valence-electron chi connectivity index (χ1n) is 6.30. The van der Waals surface area contributed by atoms with Gasteiger partial charge in [0.25, 0.3) is 5.69 Å². The molecule has 0 spiro atoms. The van der Waals surface area contributed by atoms with Crippen LogP contribution in [0.2, 0.25) is 0 Å². The fraction of sp³-hybridized carbons (Fsp3) is 0.462. The number of nitrogens with one attached hydrogen (secondary N) is 1. The van der Waals surface area contributed by atoms with Crippen LogP contribution in [0.4, 0.5) is 11.4 Å². The first kappa shape index (κ1) is 15.9. The smallest absolute Gasteiger partial charge is 0.293 e. The molecule has 1 rings (SSSR count). The largest absolute Gasteiger partial charge is 0.394 e. The fourth-order valence-electron chi connectivity index (χ4n) is 1.93. The molecule has 7 nitrogen and oxygen atoms in total. The van der Waals surface area contributed by atoms with Gasteiger partial charge in [-0.2, -0.15) is 0 Å². The average molecular weight is 281 g/mol. The van der Waals surface area contributed by atoms with Crippen LogP contribution < -0.4 is 11.1 Å². The van der Waals surface area contributed by atoms with E-state index in [4.69, 9.17) is 5.73 Å². The summed E-state index contributed by atoms with van der Waals surface area (Å²) < 4.78 is 0. The Kier molecular flexibility index (Phi) is 5.45. The first-order chi connectivity index (χ1) is 9.35. The molecule has 0 aliphatic heterocycles. The van der Waals surface area contributed by atoms with Crippen molar-refractivity contribution in [3.8, 4) is 0 Å². The van der Waals surface area contributed by atoms with Crippen molar-refractivity contribution in [2.24, 2.45) is 11.7 Å². The molecular formula is C13H19N3O4. The number of aliphatic hydroxyl groups is 1. The Morgan fingerprint density at radius 2 is 2.15 bits per heavy atom. The molecule has 1 aromatic rings. The van der Waals surface area contributed by atoms with Gasteiger partial charge in [-0.1, -0.05) is 13.8 Å². The number of nitrogens with zero attached hydrogens (tertiary/aromatic N) is 1. The van der Waals surface area contributed by atoms with Crippen LogP contribution in [-0.2, 0) is 0 Å². The van der Waals surface area contributed by atoms with Crippen molar-refractivity contribution in [1.29, 1.82) is 0 Å². The van der Waals surface area contributed by atoms with Gasteiger partial charge in [0.15, 0.2) is 0 Å². The number of nitro groups is 1. The topological polar surface area (TPSA) is 118 Å². The average Bonchev–Trinajstić information content (AvgIpc) is 2.37. The van der Waals surface area contributed by atoms with E-state index in [1.807, 2.05) is 13.8 Å². The number of hydrogen-bond donors (Lipinski definition) is 3. The maximum absolute atomic E-state index is 11.1. The van der Waals surface area contributed by atoms with Crippen LogP contribution in [-0.4, -0.2) is 28.6 Å². The van der Waals surface area contributed by atoms with E-state index in [1.165, 1.54) is 12.1 Å². The quantitative estimate of drug-likeness (QED) is 0.517. The third kappa shape index (κ3) is 4.20. The number of amides is 1. The summed E-state index contributed by atoms with van der Waals surface area (Å²) >= 11 is 0. The minimum Gasteiger partial charge on any atom is -0.394 e. The van der Waals surface area contributed by atoms with E-state index in [0.29, 0.717) is 12.3 Å². The van der Waals surface area contributed by atoms with E-state index in [0.717, 1.165) is 6.07 Å². The van der Waals surface area contributed by atoms with Gasteiger partial charge in [0.2, 0.25) is 5.91 Å². The van der Waals surface area contributed by atoms with Gasteiger partial charge in [0, 0.05) is 17.7 Å². The van der Waals surface area contributed by atoms with E-state index >= 15 is 0 Å². The molecule has 0 saturated heterocycles. The molecule has 7 heteroatoms. The molecule has 0 aromatic heterocycles. The van der Waals surface area contributed by atoms with E-state index in [1.54, 1.807) is 0 Å². The maximum Gasteiger partial charge on any atom is 0.293 e. The number of anilines is 1. The zero-order valence-corrected chi connectivity index (χ0v) is 11.5. The molecule has 0 bridgehead atoms. The number of nitro benzene ring substituents is 1. The summed E-state index contributed by atoms with van der Waals surface area (Å²) in [5.74, 6) is -0.385. The Labute approximate surface area is 116 Å². The first-order valence-corrected chi connectivity index (χ1v) is 6.30. The molecule has 1 atom stereocenters. The molecule has 1 aromatic carbocycles. The molecule has 110 valence electrons. The number of nitrogens with two attached hydrogens (primary N) is 1. The highest BCUT2D eigenvalue weighted by molar-refractivity contribution is 5.94. The molecule has 1 unspecified atom stereocenters. The van der Waals surface area contributed by atoms with Crippen LogP contribution in [0.15, 0.2) is 18.2 Å². The number of aliphatic hydroxyl groups excluding tert-OH is 1. The third-order valence-electron chi connectivity index (χ3n) is 2.81. The van der Waals surface area contributed by atoms with Crippen molar-refractivity contribution in [1.82, 2.24) is 0 Å². The number of benzene rings is 1. The lowest BCUT2D eigenvalue weighted by Gasteiger charge is -2.19. The highest BCUT2D eigenvalue weighted by atomic mass is 16.6. The standard InChI is InChI=1S/C13H19N3O4/c1-8(2)5-10(7-17)15-11-4-3-9(13(14)18)6-12(11)16(19)20/h3-4,6,8,10,15,17H,5,7H2,1-2H3,(H2,14,18). The lowest BCUT2D eigenvalue weighted by atomic mass is 10.0. The molecular weight excluding hydrogens is 262 g/mol. The number of rotatable bonds is 7. The van der Waals surface area contributed by atoms with Crippen molar-refractivity contribution < 1.29 is 14.8 Å². The zero-order chi connectivity index (χ0) is 15.3. The lowest BCUT2D eigenvalue weighted by molar-refractivity contribution is -0.384. The van der Waals surface area contributed by atoms with E-state index in [-0.39, 0.29) is 29.6 Å². The van der Waals surface area contributed by atoms with Crippen molar-refractivity contribution in [2.75, 3.05) is 11.9 Å². The van der Waals surface area contributed by atoms with Gasteiger partial charge in [-0.15, -0.1) is 0 Å². The van der Waals surface area contributed by atoms with Crippen LogP contribution in [0.1, 0.15) is 30.6 Å². The Morgan fingerprint density at radius 1 is 1.50 bits per heavy atom. The zero-order valence-electron chi connectivity index (χ0n) is 11.5. The second-order valence-corrected chi connectivity index (χ2v) is 5.01. The van der Waals surface area contributed by atoms with Gasteiger partial charge in [0.1, 0.15) is 5.69 Å². The number of hydrogen-bond acceptors (Lipinski definition) is 5. The van der Waals surface area contributed by atoms with Crippen LogP contribution in [0.3, 0.4) is 0 Å². The monoisotopic (exact) mass is 281 g/mol. The normalized spacial score (nSPS) is 12.2. The molecule has 1 amide bonds. The predicted molar refractivity (Wildman–Crippen MR) is 75.6 cm³/mol. The lowest BCUT2D eigenvalue weighted by Crippen LogP contribution is -2.26. The van der Waals surface area contributed by atoms with Gasteiger partial charge in [-0.3, -0.25) is 14.9 Å². The summed E-state index contributed by atoms with van der Waals surface area (Å²) in [7, 11) is 0. The molecule has 0 saturated carbocycles. The summed E-state index contributed by atoms with van der Waals surface area (Å²) in [4.78, 5) is 21.5. The van der Waals surface area contributed by atoms with Crippen molar-refractivity contribution in [3.63, 3.8) is 0 Å². The van der Waals surface area contributed by atoms with Crippen LogP contribution in [0.5, 0.6) is 0 Å². The SMILES string of the molecule is CC(C)CC(CO)Nc1ccc(C(N)=O)cc1[N+](=O)[O-]. The van der Waals surface area contributed by atoms with Crippen LogP contribution >= 0.6 is 0 Å². The van der Waals surface area contributed by atoms with E-state index < -0.39 is 10.8 Å². The highest BCUT2D eigenvalue weighted by Gasteiger charge is 2.19. The highest BCUT2D eigenvalue weighted by Crippen LogP contribution is 2.27. The van der Waals surface area contributed by atoms with Crippen molar-refractivity contribution in [2.45, 2.75) is 26.3 Å². The third-order valence-corrected chi connectivity index (χ3v) is 2.81.